The van der Waals surface area contributed by atoms with Gasteiger partial charge in [0.15, 0.2) is 0 Å². The number of aliphatic hydroxyl groups excluding tert-OH is 1. The molecule has 1 aromatic heterocycles. The largest absolute Gasteiger partial charge is 0.388 e. The van der Waals surface area contributed by atoms with Gasteiger partial charge in [-0.15, -0.1) is 0 Å². The van der Waals surface area contributed by atoms with Crippen LogP contribution in [-0.4, -0.2) is 59.2 Å². The summed E-state index contributed by atoms with van der Waals surface area (Å²) >= 11 is 0. The quantitative estimate of drug-likeness (QED) is 0.887. The van der Waals surface area contributed by atoms with E-state index in [0.29, 0.717) is 6.04 Å². The molecule has 2 atom stereocenters. The number of hydrogen-bond acceptors (Lipinski definition) is 3. The molecular formula is C16H27N3O. The molecule has 2 aliphatic rings. The van der Waals surface area contributed by atoms with Gasteiger partial charge in [-0.3, -0.25) is 4.90 Å². The highest BCUT2D eigenvalue weighted by Crippen LogP contribution is 2.32. The van der Waals surface area contributed by atoms with Crippen molar-refractivity contribution in [1.29, 1.82) is 0 Å². The highest BCUT2D eigenvalue weighted by molar-refractivity contribution is 5.31. The summed E-state index contributed by atoms with van der Waals surface area (Å²) in [6, 6.07) is 2.77. The zero-order valence-electron chi connectivity index (χ0n) is 13.0. The molecule has 4 heteroatoms. The molecular weight excluding hydrogens is 250 g/mol. The minimum absolute atomic E-state index is 0.245. The van der Waals surface area contributed by atoms with Gasteiger partial charge in [-0.2, -0.15) is 0 Å². The predicted molar refractivity (Wildman–Crippen MR) is 81.0 cm³/mol. The maximum absolute atomic E-state index is 10.2. The van der Waals surface area contributed by atoms with Crippen LogP contribution in [0.3, 0.4) is 0 Å². The summed E-state index contributed by atoms with van der Waals surface area (Å²) in [6.07, 6.45) is 2.90. The summed E-state index contributed by atoms with van der Waals surface area (Å²) in [7, 11) is 4.44. The Morgan fingerprint density at radius 1 is 1.30 bits per heavy atom. The Kier molecular flexibility index (Phi) is 3.89. The normalized spacial score (nSPS) is 28.6. The van der Waals surface area contributed by atoms with Gasteiger partial charge in [0, 0.05) is 49.2 Å². The lowest BCUT2D eigenvalue weighted by atomic mass is 9.95. The van der Waals surface area contributed by atoms with E-state index in [1.54, 1.807) is 0 Å². The second kappa shape index (κ2) is 5.51. The minimum Gasteiger partial charge on any atom is -0.388 e. The lowest BCUT2D eigenvalue weighted by Crippen LogP contribution is -2.51. The van der Waals surface area contributed by atoms with E-state index in [1.165, 1.54) is 17.0 Å². The van der Waals surface area contributed by atoms with Crippen molar-refractivity contribution in [2.75, 3.05) is 33.7 Å². The summed E-state index contributed by atoms with van der Waals surface area (Å²) in [5.41, 5.74) is 3.86. The number of hydrogen-bond donors (Lipinski definition) is 1. The Bertz CT molecular complexity index is 482. The van der Waals surface area contributed by atoms with Crippen LogP contribution < -0.4 is 0 Å². The Hall–Kier alpha value is -0.840. The van der Waals surface area contributed by atoms with Crippen LogP contribution in [0.15, 0.2) is 6.07 Å². The molecule has 0 radical (unpaired) electrons. The molecule has 0 aromatic carbocycles. The SMILES string of the molecule is Cc1cc2c(n1CC1CN(C)CCN1C)CCCC2O. The molecule has 3 rings (SSSR count). The second-order valence-electron chi connectivity index (χ2n) is 6.60. The zero-order valence-corrected chi connectivity index (χ0v) is 13.0. The van der Waals surface area contributed by atoms with Crippen molar-refractivity contribution in [2.24, 2.45) is 0 Å². The third-order valence-corrected chi connectivity index (χ3v) is 5.07. The fraction of sp³-hybridized carbons (Fsp3) is 0.750. The van der Waals surface area contributed by atoms with Gasteiger partial charge in [0.05, 0.1) is 6.10 Å². The maximum Gasteiger partial charge on any atom is 0.0807 e. The van der Waals surface area contributed by atoms with Crippen LogP contribution in [0.1, 0.15) is 35.9 Å². The van der Waals surface area contributed by atoms with Crippen molar-refractivity contribution >= 4 is 0 Å². The van der Waals surface area contributed by atoms with Crippen LogP contribution in [0.2, 0.25) is 0 Å². The Morgan fingerprint density at radius 3 is 2.90 bits per heavy atom. The van der Waals surface area contributed by atoms with E-state index < -0.39 is 0 Å². The maximum atomic E-state index is 10.2. The van der Waals surface area contributed by atoms with Crippen LogP contribution in [-0.2, 0) is 13.0 Å². The molecule has 20 heavy (non-hydrogen) atoms. The van der Waals surface area contributed by atoms with Gasteiger partial charge in [-0.1, -0.05) is 0 Å². The molecule has 1 saturated heterocycles. The van der Waals surface area contributed by atoms with E-state index in [9.17, 15) is 5.11 Å². The minimum atomic E-state index is -0.245. The lowest BCUT2D eigenvalue weighted by molar-refractivity contribution is 0.101. The lowest BCUT2D eigenvalue weighted by Gasteiger charge is -2.38. The third kappa shape index (κ3) is 2.52. The van der Waals surface area contributed by atoms with Crippen LogP contribution in [0.5, 0.6) is 0 Å². The van der Waals surface area contributed by atoms with Crippen LogP contribution >= 0.6 is 0 Å². The molecule has 0 amide bonds. The average molecular weight is 277 g/mol. The molecule has 4 nitrogen and oxygen atoms in total. The third-order valence-electron chi connectivity index (χ3n) is 5.07. The predicted octanol–water partition coefficient (Wildman–Crippen LogP) is 1.41. The Labute approximate surface area is 122 Å². The first kappa shape index (κ1) is 14.1. The summed E-state index contributed by atoms with van der Waals surface area (Å²) in [5.74, 6) is 0. The monoisotopic (exact) mass is 277 g/mol. The molecule has 2 unspecified atom stereocenters. The van der Waals surface area contributed by atoms with Crippen LogP contribution in [0, 0.1) is 6.92 Å². The Balaban J connectivity index is 1.83. The topological polar surface area (TPSA) is 31.6 Å². The van der Waals surface area contributed by atoms with E-state index in [4.69, 9.17) is 0 Å². The molecule has 112 valence electrons. The molecule has 0 bridgehead atoms. The van der Waals surface area contributed by atoms with Crippen LogP contribution in [0.25, 0.3) is 0 Å². The van der Waals surface area contributed by atoms with E-state index >= 15 is 0 Å². The van der Waals surface area contributed by atoms with Gasteiger partial charge in [0.2, 0.25) is 0 Å². The molecule has 0 spiro atoms. The van der Waals surface area contributed by atoms with Gasteiger partial charge in [-0.25, -0.2) is 0 Å². The van der Waals surface area contributed by atoms with Gasteiger partial charge < -0.3 is 14.6 Å². The molecule has 2 heterocycles. The first-order chi connectivity index (χ1) is 9.56. The zero-order chi connectivity index (χ0) is 14.3. The summed E-state index contributed by atoms with van der Waals surface area (Å²) < 4.78 is 2.46. The number of aromatic nitrogens is 1. The van der Waals surface area contributed by atoms with E-state index in [-0.39, 0.29) is 6.10 Å². The number of aryl methyl sites for hydroxylation is 1. The van der Waals surface area contributed by atoms with E-state index in [0.717, 1.165) is 45.4 Å². The standard InChI is InChI=1S/C16H27N3O/c1-12-9-14-15(5-4-6-16(14)20)19(12)11-13-10-17(2)7-8-18(13)3/h9,13,16,20H,4-8,10-11H2,1-3H3. The van der Waals surface area contributed by atoms with Gasteiger partial charge in [0.25, 0.3) is 0 Å². The molecule has 1 fully saturated rings. The molecule has 1 N–H and O–H groups in total. The number of piperazine rings is 1. The van der Waals surface area contributed by atoms with Crippen molar-refractivity contribution < 1.29 is 5.11 Å². The fourth-order valence-corrected chi connectivity index (χ4v) is 3.70. The highest BCUT2D eigenvalue weighted by Gasteiger charge is 2.27. The van der Waals surface area contributed by atoms with Crippen molar-refractivity contribution in [3.05, 3.63) is 23.0 Å². The number of nitrogens with zero attached hydrogens (tertiary/aromatic N) is 3. The average Bonchev–Trinajstić information content (AvgIpc) is 2.73. The van der Waals surface area contributed by atoms with Crippen molar-refractivity contribution in [1.82, 2.24) is 14.4 Å². The van der Waals surface area contributed by atoms with Crippen molar-refractivity contribution in [3.8, 4) is 0 Å². The number of rotatable bonds is 2. The first-order valence-corrected chi connectivity index (χ1v) is 7.82. The number of aliphatic hydroxyl groups is 1. The second-order valence-corrected chi connectivity index (χ2v) is 6.60. The first-order valence-electron chi connectivity index (χ1n) is 7.82. The fourth-order valence-electron chi connectivity index (χ4n) is 3.70. The van der Waals surface area contributed by atoms with E-state index in [1.807, 2.05) is 0 Å². The molecule has 0 saturated carbocycles. The van der Waals surface area contributed by atoms with Crippen molar-refractivity contribution in [3.63, 3.8) is 0 Å². The highest BCUT2D eigenvalue weighted by atomic mass is 16.3. The molecule has 1 aliphatic carbocycles. The van der Waals surface area contributed by atoms with Crippen molar-refractivity contribution in [2.45, 2.75) is 44.9 Å². The van der Waals surface area contributed by atoms with Gasteiger partial charge in [-0.05, 0) is 46.3 Å². The summed E-state index contributed by atoms with van der Waals surface area (Å²) in [6.45, 7) is 6.67. The summed E-state index contributed by atoms with van der Waals surface area (Å²) in [4.78, 5) is 4.90. The summed E-state index contributed by atoms with van der Waals surface area (Å²) in [5, 5.41) is 10.2. The van der Waals surface area contributed by atoms with Gasteiger partial charge >= 0.3 is 0 Å². The smallest absolute Gasteiger partial charge is 0.0807 e. The van der Waals surface area contributed by atoms with Crippen LogP contribution in [0.4, 0.5) is 0 Å². The van der Waals surface area contributed by atoms with Gasteiger partial charge in [0.1, 0.15) is 0 Å². The number of likely N-dealkylation sites (N-methyl/N-ethyl adjacent to an activating group) is 2. The van der Waals surface area contributed by atoms with E-state index in [2.05, 4.69) is 41.5 Å². The molecule has 1 aromatic rings. The Morgan fingerprint density at radius 2 is 2.10 bits per heavy atom. The molecule has 1 aliphatic heterocycles. The number of fused-ring (bicyclic) bond motifs is 1.